The lowest BCUT2D eigenvalue weighted by molar-refractivity contribution is 0.0951. The summed E-state index contributed by atoms with van der Waals surface area (Å²) in [5, 5.41) is 3.44. The van der Waals surface area contributed by atoms with E-state index in [2.05, 4.69) is 10.2 Å². The summed E-state index contributed by atoms with van der Waals surface area (Å²) in [5.74, 6) is -0.0794. The molecule has 0 radical (unpaired) electrons. The Morgan fingerprint density at radius 2 is 1.95 bits per heavy atom. The molecule has 104 valence electrons. The summed E-state index contributed by atoms with van der Waals surface area (Å²) >= 11 is 5.98. The molecule has 0 aromatic heterocycles. The van der Waals surface area contributed by atoms with Crippen LogP contribution in [0.3, 0.4) is 0 Å². The quantitative estimate of drug-likeness (QED) is 0.841. The normalized spacial score (nSPS) is 16.3. The van der Waals surface area contributed by atoms with Gasteiger partial charge in [0.1, 0.15) is 0 Å². The van der Waals surface area contributed by atoms with Gasteiger partial charge in [-0.05, 0) is 51.0 Å². The van der Waals surface area contributed by atoms with Crippen LogP contribution < -0.4 is 5.32 Å². The molecule has 0 atom stereocenters. The molecule has 19 heavy (non-hydrogen) atoms. The van der Waals surface area contributed by atoms with Crippen molar-refractivity contribution in [2.75, 3.05) is 26.2 Å². The van der Waals surface area contributed by atoms with Crippen molar-refractivity contribution < 1.29 is 4.79 Å². The van der Waals surface area contributed by atoms with E-state index in [0.29, 0.717) is 17.1 Å². The van der Waals surface area contributed by atoms with E-state index in [1.807, 2.05) is 12.1 Å². The molecule has 4 heteroatoms. The van der Waals surface area contributed by atoms with Gasteiger partial charge in [0, 0.05) is 6.54 Å². The summed E-state index contributed by atoms with van der Waals surface area (Å²) in [5.41, 5.74) is 0.558. The molecule has 1 heterocycles. The van der Waals surface area contributed by atoms with Gasteiger partial charge in [-0.15, -0.1) is 0 Å². The number of piperidine rings is 1. The number of halogens is 1. The minimum Gasteiger partial charge on any atom is -0.352 e. The van der Waals surface area contributed by atoms with Crippen molar-refractivity contribution in [3.8, 4) is 0 Å². The lowest BCUT2D eigenvalue weighted by Gasteiger charge is -2.26. The summed E-state index contributed by atoms with van der Waals surface area (Å²) in [6.45, 7) is 4.19. The Kier molecular flexibility index (Phi) is 5.67. The number of carbonyl (C=O) groups excluding carboxylic acids is 1. The van der Waals surface area contributed by atoms with E-state index in [4.69, 9.17) is 11.6 Å². The first kappa shape index (κ1) is 14.4. The Morgan fingerprint density at radius 1 is 1.21 bits per heavy atom. The van der Waals surface area contributed by atoms with Crippen LogP contribution >= 0.6 is 11.6 Å². The molecule has 2 rings (SSSR count). The fourth-order valence-corrected chi connectivity index (χ4v) is 2.65. The second kappa shape index (κ2) is 7.51. The summed E-state index contributed by atoms with van der Waals surface area (Å²) < 4.78 is 0. The number of carbonyl (C=O) groups is 1. The van der Waals surface area contributed by atoms with Gasteiger partial charge in [-0.2, -0.15) is 0 Å². The van der Waals surface area contributed by atoms with E-state index in [0.717, 1.165) is 13.0 Å². The Hall–Kier alpha value is -1.06. The van der Waals surface area contributed by atoms with Crippen molar-refractivity contribution in [3.05, 3.63) is 34.9 Å². The molecule has 1 amide bonds. The standard InChI is InChI=1S/C15H21ClN2O/c16-14-8-3-2-7-13(14)15(19)17-9-6-12-18-10-4-1-5-11-18/h2-3,7-8H,1,4-6,9-12H2,(H,17,19). The van der Waals surface area contributed by atoms with Crippen molar-refractivity contribution in [1.82, 2.24) is 10.2 Å². The van der Waals surface area contributed by atoms with Crippen molar-refractivity contribution in [2.24, 2.45) is 0 Å². The molecule has 1 saturated heterocycles. The molecule has 0 spiro atoms. The zero-order chi connectivity index (χ0) is 13.5. The topological polar surface area (TPSA) is 32.3 Å². The van der Waals surface area contributed by atoms with Crippen molar-refractivity contribution in [1.29, 1.82) is 0 Å². The zero-order valence-corrected chi connectivity index (χ0v) is 12.0. The third kappa shape index (κ3) is 4.51. The van der Waals surface area contributed by atoms with Crippen LogP contribution in [0.1, 0.15) is 36.0 Å². The molecule has 1 aromatic rings. The number of amides is 1. The molecule has 1 aliphatic rings. The van der Waals surface area contributed by atoms with Crippen LogP contribution in [0.25, 0.3) is 0 Å². The van der Waals surface area contributed by atoms with Crippen LogP contribution in [-0.4, -0.2) is 37.0 Å². The van der Waals surface area contributed by atoms with Crippen LogP contribution in [-0.2, 0) is 0 Å². The number of nitrogens with one attached hydrogen (secondary N) is 1. The van der Waals surface area contributed by atoms with E-state index in [1.165, 1.54) is 32.4 Å². The maximum atomic E-state index is 11.9. The van der Waals surface area contributed by atoms with Crippen LogP contribution in [0.4, 0.5) is 0 Å². The molecule has 0 unspecified atom stereocenters. The van der Waals surface area contributed by atoms with E-state index in [9.17, 15) is 4.79 Å². The highest BCUT2D eigenvalue weighted by atomic mass is 35.5. The number of hydrogen-bond acceptors (Lipinski definition) is 2. The van der Waals surface area contributed by atoms with Gasteiger partial charge in [0.15, 0.2) is 0 Å². The highest BCUT2D eigenvalue weighted by molar-refractivity contribution is 6.33. The summed E-state index contributed by atoms with van der Waals surface area (Å²) in [4.78, 5) is 14.4. The highest BCUT2D eigenvalue weighted by Gasteiger charge is 2.11. The average molecular weight is 281 g/mol. The smallest absolute Gasteiger partial charge is 0.252 e. The number of nitrogens with zero attached hydrogens (tertiary/aromatic N) is 1. The van der Waals surface area contributed by atoms with Crippen LogP contribution in [0.5, 0.6) is 0 Å². The first-order valence-corrected chi connectivity index (χ1v) is 7.40. The molecule has 3 nitrogen and oxygen atoms in total. The summed E-state index contributed by atoms with van der Waals surface area (Å²) in [7, 11) is 0. The minimum atomic E-state index is -0.0794. The Labute approximate surface area is 119 Å². The van der Waals surface area contributed by atoms with E-state index in [1.54, 1.807) is 12.1 Å². The van der Waals surface area contributed by atoms with Crippen LogP contribution in [0, 0.1) is 0 Å². The van der Waals surface area contributed by atoms with Crippen molar-refractivity contribution in [2.45, 2.75) is 25.7 Å². The van der Waals surface area contributed by atoms with Gasteiger partial charge in [0.2, 0.25) is 0 Å². The fourth-order valence-electron chi connectivity index (χ4n) is 2.43. The van der Waals surface area contributed by atoms with Gasteiger partial charge in [0.25, 0.3) is 5.91 Å². The third-order valence-corrected chi connectivity index (χ3v) is 3.83. The maximum absolute atomic E-state index is 11.9. The lowest BCUT2D eigenvalue weighted by Crippen LogP contribution is -2.33. The van der Waals surface area contributed by atoms with Crippen molar-refractivity contribution >= 4 is 17.5 Å². The first-order valence-electron chi connectivity index (χ1n) is 7.02. The molecule has 1 fully saturated rings. The van der Waals surface area contributed by atoms with E-state index in [-0.39, 0.29) is 5.91 Å². The third-order valence-electron chi connectivity index (χ3n) is 3.50. The molecule has 1 aromatic carbocycles. The molecule has 1 aliphatic heterocycles. The van der Waals surface area contributed by atoms with E-state index < -0.39 is 0 Å². The largest absolute Gasteiger partial charge is 0.352 e. The Morgan fingerprint density at radius 3 is 2.68 bits per heavy atom. The Balaban J connectivity index is 1.68. The SMILES string of the molecule is O=C(NCCCN1CCCCC1)c1ccccc1Cl. The van der Waals surface area contributed by atoms with Crippen LogP contribution in [0.2, 0.25) is 5.02 Å². The first-order chi connectivity index (χ1) is 9.27. The number of rotatable bonds is 5. The predicted octanol–water partition coefficient (Wildman–Crippen LogP) is 2.95. The molecular weight excluding hydrogens is 260 g/mol. The van der Waals surface area contributed by atoms with Gasteiger partial charge in [-0.25, -0.2) is 0 Å². The number of likely N-dealkylation sites (tertiary alicyclic amines) is 1. The van der Waals surface area contributed by atoms with Gasteiger partial charge in [-0.3, -0.25) is 4.79 Å². The average Bonchev–Trinajstić information content (AvgIpc) is 2.45. The highest BCUT2D eigenvalue weighted by Crippen LogP contribution is 2.14. The molecule has 0 bridgehead atoms. The molecule has 0 aliphatic carbocycles. The molecule has 1 N–H and O–H groups in total. The summed E-state index contributed by atoms with van der Waals surface area (Å²) in [6.07, 6.45) is 4.98. The second-order valence-corrected chi connectivity index (χ2v) is 5.40. The van der Waals surface area contributed by atoms with Crippen LogP contribution in [0.15, 0.2) is 24.3 Å². The monoisotopic (exact) mass is 280 g/mol. The Bertz CT molecular complexity index is 416. The summed E-state index contributed by atoms with van der Waals surface area (Å²) in [6, 6.07) is 7.15. The molecule has 0 saturated carbocycles. The molecular formula is C15H21ClN2O. The van der Waals surface area contributed by atoms with Crippen molar-refractivity contribution in [3.63, 3.8) is 0 Å². The zero-order valence-electron chi connectivity index (χ0n) is 11.2. The minimum absolute atomic E-state index is 0.0794. The lowest BCUT2D eigenvalue weighted by atomic mass is 10.1. The maximum Gasteiger partial charge on any atom is 0.252 e. The second-order valence-electron chi connectivity index (χ2n) is 4.99. The predicted molar refractivity (Wildman–Crippen MR) is 78.7 cm³/mol. The van der Waals surface area contributed by atoms with E-state index >= 15 is 0 Å². The number of hydrogen-bond donors (Lipinski definition) is 1. The van der Waals surface area contributed by atoms with Gasteiger partial charge in [-0.1, -0.05) is 30.2 Å². The van der Waals surface area contributed by atoms with Gasteiger partial charge < -0.3 is 10.2 Å². The number of benzene rings is 1. The fraction of sp³-hybridized carbons (Fsp3) is 0.533. The van der Waals surface area contributed by atoms with Gasteiger partial charge >= 0.3 is 0 Å². The van der Waals surface area contributed by atoms with Gasteiger partial charge in [0.05, 0.1) is 10.6 Å².